The third-order valence-electron chi connectivity index (χ3n) is 5.50. The summed E-state index contributed by atoms with van der Waals surface area (Å²) in [6.45, 7) is 5.04. The number of nitrogens with zero attached hydrogens (tertiary/aromatic N) is 4. The van der Waals surface area contributed by atoms with Crippen LogP contribution in [0.1, 0.15) is 30.3 Å². The van der Waals surface area contributed by atoms with E-state index < -0.39 is 0 Å². The lowest BCUT2D eigenvalue weighted by Gasteiger charge is -2.37. The number of rotatable bonds is 2. The largest absolute Gasteiger partial charge is 0.363 e. The van der Waals surface area contributed by atoms with Crippen molar-refractivity contribution >= 4 is 22.3 Å². The number of anilines is 1. The van der Waals surface area contributed by atoms with E-state index >= 15 is 0 Å². The average molecular weight is 346 g/mol. The summed E-state index contributed by atoms with van der Waals surface area (Å²) in [6, 6.07) is 4.61. The normalized spacial score (nSPS) is 20.1. The van der Waals surface area contributed by atoms with E-state index in [1.54, 1.807) is 6.33 Å². The van der Waals surface area contributed by atoms with Crippen LogP contribution in [0.5, 0.6) is 0 Å². The van der Waals surface area contributed by atoms with Gasteiger partial charge >= 0.3 is 0 Å². The van der Waals surface area contributed by atoms with Crippen LogP contribution in [-0.4, -0.2) is 39.1 Å². The molecule has 5 heterocycles. The van der Waals surface area contributed by atoms with Crippen LogP contribution in [0, 0.1) is 0 Å². The van der Waals surface area contributed by atoms with Crippen molar-refractivity contribution in [2.75, 3.05) is 18.0 Å². The summed E-state index contributed by atoms with van der Waals surface area (Å²) in [6.07, 6.45) is 9.80. The number of hydrogen-bond donors (Lipinski definition) is 2. The lowest BCUT2D eigenvalue weighted by Crippen LogP contribution is -2.39. The summed E-state index contributed by atoms with van der Waals surface area (Å²) >= 11 is 0. The van der Waals surface area contributed by atoms with Crippen LogP contribution in [0.25, 0.3) is 16.6 Å². The minimum Gasteiger partial charge on any atom is -0.363 e. The van der Waals surface area contributed by atoms with Gasteiger partial charge in [-0.3, -0.25) is 0 Å². The molecule has 132 valence electrons. The number of H-pyrrole nitrogens is 1. The second-order valence-corrected chi connectivity index (χ2v) is 7.08. The van der Waals surface area contributed by atoms with Gasteiger partial charge in [-0.05, 0) is 37.6 Å². The summed E-state index contributed by atoms with van der Waals surface area (Å²) in [4.78, 5) is 19.4. The topological polar surface area (TPSA) is 69.7 Å². The SMILES string of the molecule is C[C@@H]1Cc2ncnc(C3=CCNCC3)c2CN1c1ccnc2[nH]ccc12. The van der Waals surface area contributed by atoms with E-state index in [0.717, 1.165) is 43.8 Å². The molecule has 2 aliphatic rings. The molecule has 0 saturated carbocycles. The lowest BCUT2D eigenvalue weighted by atomic mass is 9.93. The van der Waals surface area contributed by atoms with Crippen molar-refractivity contribution < 1.29 is 0 Å². The molecule has 0 saturated heterocycles. The highest BCUT2D eigenvalue weighted by atomic mass is 15.2. The maximum atomic E-state index is 4.67. The molecule has 2 aliphatic heterocycles. The number of aromatic nitrogens is 4. The van der Waals surface area contributed by atoms with Crippen LogP contribution in [-0.2, 0) is 13.0 Å². The van der Waals surface area contributed by atoms with Crippen LogP contribution < -0.4 is 10.2 Å². The second-order valence-electron chi connectivity index (χ2n) is 7.08. The molecule has 26 heavy (non-hydrogen) atoms. The zero-order chi connectivity index (χ0) is 17.5. The summed E-state index contributed by atoms with van der Waals surface area (Å²) in [5, 5.41) is 4.55. The average Bonchev–Trinajstić information content (AvgIpc) is 3.16. The summed E-state index contributed by atoms with van der Waals surface area (Å²) < 4.78 is 0. The quantitative estimate of drug-likeness (QED) is 0.747. The lowest BCUT2D eigenvalue weighted by molar-refractivity contribution is 0.578. The maximum Gasteiger partial charge on any atom is 0.139 e. The zero-order valence-corrected chi connectivity index (χ0v) is 14.9. The molecule has 2 N–H and O–H groups in total. The van der Waals surface area contributed by atoms with Crippen molar-refractivity contribution in [3.63, 3.8) is 0 Å². The van der Waals surface area contributed by atoms with Gasteiger partial charge in [0, 0.05) is 54.6 Å². The van der Waals surface area contributed by atoms with Gasteiger partial charge in [0.25, 0.3) is 0 Å². The molecular weight excluding hydrogens is 324 g/mol. The van der Waals surface area contributed by atoms with Crippen molar-refractivity contribution in [2.45, 2.75) is 32.4 Å². The number of nitrogens with one attached hydrogen (secondary N) is 2. The van der Waals surface area contributed by atoms with Crippen LogP contribution >= 0.6 is 0 Å². The van der Waals surface area contributed by atoms with Gasteiger partial charge < -0.3 is 15.2 Å². The molecule has 5 rings (SSSR count). The Morgan fingerprint density at radius 1 is 1.19 bits per heavy atom. The van der Waals surface area contributed by atoms with Crippen molar-refractivity contribution in [3.8, 4) is 0 Å². The number of hydrogen-bond acceptors (Lipinski definition) is 5. The highest BCUT2D eigenvalue weighted by molar-refractivity contribution is 5.90. The molecule has 0 aromatic carbocycles. The third kappa shape index (κ3) is 2.49. The fourth-order valence-corrected chi connectivity index (χ4v) is 4.14. The minimum atomic E-state index is 0.382. The summed E-state index contributed by atoms with van der Waals surface area (Å²) in [5.74, 6) is 0. The van der Waals surface area contributed by atoms with E-state index in [1.165, 1.54) is 27.9 Å². The van der Waals surface area contributed by atoms with Crippen LogP contribution in [0.3, 0.4) is 0 Å². The Labute approximate surface area is 152 Å². The molecule has 6 heteroatoms. The maximum absolute atomic E-state index is 4.67. The molecule has 0 unspecified atom stereocenters. The highest BCUT2D eigenvalue weighted by Gasteiger charge is 2.28. The first kappa shape index (κ1) is 15.5. The Balaban J connectivity index is 1.59. The molecule has 6 nitrogen and oxygen atoms in total. The summed E-state index contributed by atoms with van der Waals surface area (Å²) in [5.41, 5.74) is 7.11. The second kappa shape index (κ2) is 6.21. The molecule has 3 aromatic heterocycles. The molecule has 0 fully saturated rings. The first-order valence-corrected chi connectivity index (χ1v) is 9.23. The standard InChI is InChI=1S/C20H22N6/c1-13-10-17-16(19(25-12-24-17)14-2-6-21-7-3-14)11-26(13)18-5-9-23-20-15(18)4-8-22-20/h2,4-5,8-9,12-13,21H,3,6-7,10-11H2,1H3,(H,22,23)/t13-/m1/s1. The van der Waals surface area contributed by atoms with E-state index in [0.29, 0.717) is 6.04 Å². The Morgan fingerprint density at radius 3 is 3.04 bits per heavy atom. The third-order valence-corrected chi connectivity index (χ3v) is 5.50. The number of aromatic amines is 1. The van der Waals surface area contributed by atoms with Crippen LogP contribution in [0.4, 0.5) is 5.69 Å². The van der Waals surface area contributed by atoms with Crippen molar-refractivity contribution in [1.29, 1.82) is 0 Å². The van der Waals surface area contributed by atoms with Gasteiger partial charge in [-0.15, -0.1) is 0 Å². The molecular formula is C20H22N6. The Morgan fingerprint density at radius 2 is 2.15 bits per heavy atom. The monoisotopic (exact) mass is 346 g/mol. The smallest absolute Gasteiger partial charge is 0.139 e. The fraction of sp³-hybridized carbons (Fsp3) is 0.350. The van der Waals surface area contributed by atoms with Crippen molar-refractivity contribution in [2.24, 2.45) is 0 Å². The Kier molecular flexibility index (Phi) is 3.71. The van der Waals surface area contributed by atoms with Crippen LogP contribution in [0.2, 0.25) is 0 Å². The van der Waals surface area contributed by atoms with E-state index in [2.05, 4.69) is 55.3 Å². The van der Waals surface area contributed by atoms with E-state index in [1.807, 2.05) is 12.4 Å². The van der Waals surface area contributed by atoms with E-state index in [-0.39, 0.29) is 0 Å². The minimum absolute atomic E-state index is 0.382. The van der Waals surface area contributed by atoms with E-state index in [9.17, 15) is 0 Å². The van der Waals surface area contributed by atoms with E-state index in [4.69, 9.17) is 0 Å². The van der Waals surface area contributed by atoms with Gasteiger partial charge in [0.1, 0.15) is 12.0 Å². The first-order valence-electron chi connectivity index (χ1n) is 9.23. The molecule has 0 bridgehead atoms. The molecule has 1 atom stereocenters. The van der Waals surface area contributed by atoms with Gasteiger partial charge in [0.05, 0.1) is 11.4 Å². The molecule has 0 spiro atoms. The van der Waals surface area contributed by atoms with Gasteiger partial charge in [-0.2, -0.15) is 0 Å². The molecule has 3 aromatic rings. The Bertz CT molecular complexity index is 989. The number of pyridine rings is 1. The van der Waals surface area contributed by atoms with Crippen molar-refractivity contribution in [3.05, 3.63) is 53.9 Å². The Hall–Kier alpha value is -2.73. The van der Waals surface area contributed by atoms with Gasteiger partial charge in [0.2, 0.25) is 0 Å². The highest BCUT2D eigenvalue weighted by Crippen LogP contribution is 2.34. The van der Waals surface area contributed by atoms with Crippen LogP contribution in [0.15, 0.2) is 36.9 Å². The number of fused-ring (bicyclic) bond motifs is 2. The predicted molar refractivity (Wildman–Crippen MR) is 103 cm³/mol. The first-order chi connectivity index (χ1) is 12.8. The van der Waals surface area contributed by atoms with Gasteiger partial charge in [-0.25, -0.2) is 15.0 Å². The zero-order valence-electron chi connectivity index (χ0n) is 14.9. The summed E-state index contributed by atoms with van der Waals surface area (Å²) in [7, 11) is 0. The fourth-order valence-electron chi connectivity index (χ4n) is 4.14. The molecule has 0 amide bonds. The van der Waals surface area contributed by atoms with Gasteiger partial charge in [0.15, 0.2) is 0 Å². The van der Waals surface area contributed by atoms with Crippen molar-refractivity contribution in [1.82, 2.24) is 25.3 Å². The predicted octanol–water partition coefficient (Wildman–Crippen LogP) is 2.68. The molecule has 0 aliphatic carbocycles. The molecule has 0 radical (unpaired) electrons. The van der Waals surface area contributed by atoms with Gasteiger partial charge in [-0.1, -0.05) is 6.08 Å².